The molecule has 0 radical (unpaired) electrons. The first kappa shape index (κ1) is 38.4. The molecule has 12 nitrogen and oxygen atoms in total. The first-order chi connectivity index (χ1) is 28.2. The number of ether oxygens (including phenoxy) is 2. The number of hydrogen-bond acceptors (Lipinski definition) is 8. The number of fused-ring (bicyclic) bond motifs is 4. The van der Waals surface area contributed by atoms with E-state index in [9.17, 15) is 4.79 Å². The van der Waals surface area contributed by atoms with Gasteiger partial charge in [0.1, 0.15) is 23.9 Å². The first-order valence-corrected chi connectivity index (χ1v) is 21.7. The van der Waals surface area contributed by atoms with Crippen molar-refractivity contribution in [1.82, 2.24) is 34.6 Å². The minimum Gasteiger partial charge on any atom is -0.492 e. The van der Waals surface area contributed by atoms with Gasteiger partial charge < -0.3 is 19.7 Å². The van der Waals surface area contributed by atoms with E-state index in [4.69, 9.17) is 14.6 Å². The molecule has 3 saturated heterocycles. The topological polar surface area (TPSA) is 114 Å². The van der Waals surface area contributed by atoms with Crippen molar-refractivity contribution in [3.05, 3.63) is 89.7 Å². The quantitative estimate of drug-likeness (QED) is 0.137. The number of anilines is 2. The molecule has 2 N–H and O–H groups in total. The Morgan fingerprint density at radius 1 is 0.828 bits per heavy atom. The van der Waals surface area contributed by atoms with E-state index in [-0.39, 0.29) is 23.4 Å². The summed E-state index contributed by atoms with van der Waals surface area (Å²) in [5.74, 6) is 3.29. The fourth-order valence-electron chi connectivity index (χ4n) is 9.84. The monoisotopic (exact) mass is 785 g/mol. The van der Waals surface area contributed by atoms with E-state index in [0.29, 0.717) is 25.1 Å². The molecule has 2 amide bonds. The molecular weight excluding hydrogens is 727 g/mol. The first-order valence-electron chi connectivity index (χ1n) is 21.7. The summed E-state index contributed by atoms with van der Waals surface area (Å²) < 4.78 is 16.7. The number of carbonyl (C=O) groups is 1. The minimum absolute atomic E-state index is 0.139. The highest BCUT2D eigenvalue weighted by molar-refractivity contribution is 5.89. The van der Waals surface area contributed by atoms with Crippen LogP contribution in [0.5, 0.6) is 11.5 Å². The van der Waals surface area contributed by atoms with E-state index in [2.05, 4.69) is 80.9 Å². The highest BCUT2D eigenvalue weighted by Gasteiger charge is 2.36. The van der Waals surface area contributed by atoms with Gasteiger partial charge in [-0.2, -0.15) is 5.10 Å². The Labute approximate surface area is 342 Å². The number of benzene rings is 2. The Morgan fingerprint density at radius 3 is 2.47 bits per heavy atom. The zero-order chi connectivity index (χ0) is 39.8. The molecule has 4 aliphatic rings. The Balaban J connectivity index is 0.860. The van der Waals surface area contributed by atoms with Crippen LogP contribution < -0.4 is 25.0 Å². The standard InChI is InChI=1S/C46H59N9O3/c1-31-11-7-8-24-52(31)45-50-49-42-23-21-37(29-54(42)45)58-30-32-18-22-40(39-17-6-5-16-38(32)39)47-44(56)48-43-28-41(46(2,3)4)51-55(43)35-14-10-15-36(27-35)57-26-25-53-33-12-9-13-34(53)20-19-33/h5-6,10,14-17,21,23,27-29,31-34,40H,7-9,11-13,18-20,22,24-26,30H2,1-4H3,(H2,47,48,56)/t31-,32?,33?,34?,40-/m0/s1. The molecule has 5 atom stereocenters. The number of carbonyl (C=O) groups excluding carboxylic acids is 1. The fraction of sp³-hybridized carbons (Fsp3) is 0.522. The summed E-state index contributed by atoms with van der Waals surface area (Å²) in [6.07, 6.45) is 13.9. The lowest BCUT2D eigenvalue weighted by molar-refractivity contribution is 0.116. The summed E-state index contributed by atoms with van der Waals surface area (Å²) in [6.45, 7) is 11.8. The van der Waals surface area contributed by atoms with Gasteiger partial charge in [0, 0.05) is 54.7 Å². The lowest BCUT2D eigenvalue weighted by atomic mass is 9.80. The van der Waals surface area contributed by atoms with Gasteiger partial charge in [0.05, 0.1) is 30.2 Å². The average molecular weight is 786 g/mol. The summed E-state index contributed by atoms with van der Waals surface area (Å²) >= 11 is 0. The average Bonchev–Trinajstić information content (AvgIpc) is 3.90. The fourth-order valence-corrected chi connectivity index (χ4v) is 9.84. The van der Waals surface area contributed by atoms with Crippen LogP contribution in [-0.2, 0) is 5.41 Å². The molecule has 2 aromatic carbocycles. The van der Waals surface area contributed by atoms with Crippen LogP contribution in [0.15, 0.2) is 72.9 Å². The number of aromatic nitrogens is 5. The minimum atomic E-state index is -0.263. The number of nitrogens with one attached hydrogen (secondary N) is 2. The van der Waals surface area contributed by atoms with Gasteiger partial charge >= 0.3 is 6.03 Å². The second-order valence-corrected chi connectivity index (χ2v) is 18.0. The molecule has 58 heavy (non-hydrogen) atoms. The van der Waals surface area contributed by atoms with Crippen LogP contribution in [0, 0.1) is 0 Å². The maximum Gasteiger partial charge on any atom is 0.320 e. The molecule has 3 fully saturated rings. The van der Waals surface area contributed by atoms with Crippen LogP contribution in [0.1, 0.15) is 121 Å². The molecule has 9 rings (SSSR count). The van der Waals surface area contributed by atoms with Gasteiger partial charge in [-0.15, -0.1) is 10.2 Å². The molecular formula is C46H59N9O3. The summed E-state index contributed by atoms with van der Waals surface area (Å²) in [5.41, 5.74) is 4.67. The van der Waals surface area contributed by atoms with Crippen LogP contribution >= 0.6 is 0 Å². The number of nitrogens with zero attached hydrogens (tertiary/aromatic N) is 7. The molecule has 3 aromatic heterocycles. The number of pyridine rings is 1. The molecule has 3 unspecified atom stereocenters. The van der Waals surface area contributed by atoms with Crippen LogP contribution in [0.2, 0.25) is 0 Å². The van der Waals surface area contributed by atoms with E-state index >= 15 is 0 Å². The third-order valence-electron chi connectivity index (χ3n) is 13.0. The lowest BCUT2D eigenvalue weighted by Gasteiger charge is -2.34. The zero-order valence-electron chi connectivity index (χ0n) is 34.6. The highest BCUT2D eigenvalue weighted by Crippen LogP contribution is 2.39. The lowest BCUT2D eigenvalue weighted by Crippen LogP contribution is -2.41. The second-order valence-electron chi connectivity index (χ2n) is 18.0. The van der Waals surface area contributed by atoms with Crippen molar-refractivity contribution < 1.29 is 14.3 Å². The molecule has 2 bridgehead atoms. The van der Waals surface area contributed by atoms with Crippen molar-refractivity contribution in [1.29, 1.82) is 0 Å². The van der Waals surface area contributed by atoms with Crippen LogP contribution in [0.25, 0.3) is 11.3 Å². The third-order valence-corrected chi connectivity index (χ3v) is 13.0. The van der Waals surface area contributed by atoms with E-state index in [1.165, 1.54) is 50.5 Å². The zero-order valence-corrected chi connectivity index (χ0v) is 34.6. The largest absolute Gasteiger partial charge is 0.492 e. The molecule has 0 spiro atoms. The van der Waals surface area contributed by atoms with Gasteiger partial charge in [0.15, 0.2) is 5.65 Å². The summed E-state index contributed by atoms with van der Waals surface area (Å²) in [5, 5.41) is 20.4. The van der Waals surface area contributed by atoms with Crippen molar-refractivity contribution >= 4 is 23.4 Å². The van der Waals surface area contributed by atoms with Gasteiger partial charge in [0.2, 0.25) is 5.95 Å². The van der Waals surface area contributed by atoms with Gasteiger partial charge in [-0.1, -0.05) is 57.5 Å². The third kappa shape index (κ3) is 8.00. The number of hydrogen-bond donors (Lipinski definition) is 2. The number of rotatable bonds is 11. The maximum absolute atomic E-state index is 13.9. The van der Waals surface area contributed by atoms with E-state index in [0.717, 1.165) is 84.5 Å². The molecule has 3 aliphatic heterocycles. The predicted molar refractivity (Wildman–Crippen MR) is 228 cm³/mol. The van der Waals surface area contributed by atoms with Crippen LogP contribution in [-0.4, -0.2) is 79.7 Å². The van der Waals surface area contributed by atoms with Gasteiger partial charge in [0.25, 0.3) is 0 Å². The predicted octanol–water partition coefficient (Wildman–Crippen LogP) is 8.81. The van der Waals surface area contributed by atoms with Crippen molar-refractivity contribution in [2.24, 2.45) is 0 Å². The molecule has 306 valence electrons. The van der Waals surface area contributed by atoms with Crippen molar-refractivity contribution in [2.45, 2.75) is 127 Å². The van der Waals surface area contributed by atoms with Crippen LogP contribution in [0.4, 0.5) is 16.6 Å². The Hall–Kier alpha value is -5.10. The van der Waals surface area contributed by atoms with Gasteiger partial charge in [-0.05, 0) is 100 Å². The highest BCUT2D eigenvalue weighted by atomic mass is 16.5. The summed E-state index contributed by atoms with van der Waals surface area (Å²) in [6, 6.07) is 23.9. The van der Waals surface area contributed by atoms with E-state index in [1.54, 1.807) is 0 Å². The molecule has 0 saturated carbocycles. The van der Waals surface area contributed by atoms with Gasteiger partial charge in [-0.25, -0.2) is 9.48 Å². The Morgan fingerprint density at radius 2 is 1.66 bits per heavy atom. The maximum atomic E-state index is 13.9. The van der Waals surface area contributed by atoms with Gasteiger partial charge in [-0.3, -0.25) is 14.6 Å². The summed E-state index contributed by atoms with van der Waals surface area (Å²) in [4.78, 5) is 18.9. The normalized spacial score (nSPS) is 23.4. The van der Waals surface area contributed by atoms with Crippen LogP contribution in [0.3, 0.4) is 0 Å². The molecule has 5 aromatic rings. The van der Waals surface area contributed by atoms with Crippen molar-refractivity contribution in [3.63, 3.8) is 0 Å². The molecule has 12 heteroatoms. The Kier molecular flexibility index (Phi) is 10.8. The van der Waals surface area contributed by atoms with Crippen molar-refractivity contribution in [3.8, 4) is 17.2 Å². The smallest absolute Gasteiger partial charge is 0.320 e. The summed E-state index contributed by atoms with van der Waals surface area (Å²) in [7, 11) is 0. The van der Waals surface area contributed by atoms with E-state index in [1.807, 2.05) is 59.4 Å². The molecule has 6 heterocycles. The second kappa shape index (κ2) is 16.3. The number of amides is 2. The SMILES string of the molecule is C[C@H]1CCCCN1c1nnc2ccc(OCC3CC[C@H](NC(=O)Nc4cc(C(C)(C)C)nn4-c4cccc(OCCN5C6CCCC5CC6)c4)c4ccccc43)cn12. The van der Waals surface area contributed by atoms with Crippen molar-refractivity contribution in [2.75, 3.05) is 36.5 Å². The number of urea groups is 1. The number of piperidine rings is 2. The molecule has 1 aliphatic carbocycles. The Bertz CT molecular complexity index is 2210. The van der Waals surface area contributed by atoms with E-state index < -0.39 is 0 Å².